The van der Waals surface area contributed by atoms with Crippen molar-refractivity contribution in [3.63, 3.8) is 0 Å². The summed E-state index contributed by atoms with van der Waals surface area (Å²) < 4.78 is 6.94. The van der Waals surface area contributed by atoms with Crippen molar-refractivity contribution in [1.29, 1.82) is 5.26 Å². The second-order valence-corrected chi connectivity index (χ2v) is 8.79. The van der Waals surface area contributed by atoms with Crippen molar-refractivity contribution in [3.05, 3.63) is 101 Å². The third kappa shape index (κ3) is 4.63. The second kappa shape index (κ2) is 10.4. The van der Waals surface area contributed by atoms with Crippen LogP contribution in [0.25, 0.3) is 27.6 Å². The first-order valence-corrected chi connectivity index (χ1v) is 12.0. The molecule has 0 aliphatic heterocycles. The van der Waals surface area contributed by atoms with Crippen LogP contribution >= 0.6 is 0 Å². The number of hydrogen-bond donors (Lipinski definition) is 2. The lowest BCUT2D eigenvalue weighted by Gasteiger charge is -2.21. The number of nitrogens with two attached hydrogens (primary N) is 1. The molecule has 38 heavy (non-hydrogen) atoms. The average molecular weight is 504 g/mol. The van der Waals surface area contributed by atoms with Crippen molar-refractivity contribution in [2.75, 3.05) is 24.7 Å². The van der Waals surface area contributed by atoms with E-state index >= 15 is 0 Å². The number of methoxy groups -OCH3 is 1. The molecule has 0 aliphatic carbocycles. The van der Waals surface area contributed by atoms with E-state index in [1.807, 2.05) is 67.6 Å². The molecule has 0 aliphatic rings. The van der Waals surface area contributed by atoms with Crippen molar-refractivity contribution in [2.45, 2.75) is 12.8 Å². The van der Waals surface area contributed by atoms with Crippen LogP contribution in [-0.4, -0.2) is 33.2 Å². The number of rotatable bonds is 7. The maximum Gasteiger partial charge on any atom is 0.263 e. The fraction of sp³-hybridized carbons (Fsp3) is 0.138. The Bertz CT molecular complexity index is 1710. The summed E-state index contributed by atoms with van der Waals surface area (Å²) in [5.74, 6) is 0.799. The van der Waals surface area contributed by atoms with Gasteiger partial charge in [-0.1, -0.05) is 43.3 Å². The molecule has 0 amide bonds. The van der Waals surface area contributed by atoms with Crippen LogP contribution in [0.4, 0.5) is 11.8 Å². The van der Waals surface area contributed by atoms with E-state index in [1.165, 1.54) is 6.20 Å². The van der Waals surface area contributed by atoms with Gasteiger partial charge in [0.1, 0.15) is 17.5 Å². The smallest absolute Gasteiger partial charge is 0.263 e. The predicted molar refractivity (Wildman–Crippen MR) is 147 cm³/mol. The topological polar surface area (TPSA) is 132 Å². The van der Waals surface area contributed by atoms with E-state index in [2.05, 4.69) is 26.3 Å². The lowest BCUT2D eigenvalue weighted by Crippen LogP contribution is -2.26. The maximum atomic E-state index is 14.2. The highest BCUT2D eigenvalue weighted by Gasteiger charge is 2.19. The number of pyridine rings is 2. The molecule has 9 heteroatoms. The standard InChI is InChI=1S/C29H25N7O2/c1-18(15-33-27-21(14-30)17-34-29(31)35-27)24-13-19-7-6-10-23(20-11-12-25(38-2)32-16-20)26(19)28(37)36(24)22-8-4-3-5-9-22/h3-13,16-18H,15H2,1-2H3,(H3,31,33,34,35). The van der Waals surface area contributed by atoms with Gasteiger partial charge in [0.15, 0.2) is 0 Å². The van der Waals surface area contributed by atoms with Gasteiger partial charge in [-0.2, -0.15) is 10.2 Å². The molecule has 0 fully saturated rings. The Labute approximate surface area is 219 Å². The molecule has 188 valence electrons. The molecule has 0 radical (unpaired) electrons. The minimum atomic E-state index is -0.138. The molecule has 3 aromatic heterocycles. The summed E-state index contributed by atoms with van der Waals surface area (Å²) in [7, 11) is 1.57. The Hall–Kier alpha value is -5.23. The van der Waals surface area contributed by atoms with E-state index in [4.69, 9.17) is 10.5 Å². The fourth-order valence-corrected chi connectivity index (χ4v) is 4.46. The molecule has 1 unspecified atom stereocenters. The summed E-state index contributed by atoms with van der Waals surface area (Å²) in [5, 5.41) is 14.0. The third-order valence-corrected chi connectivity index (χ3v) is 6.35. The van der Waals surface area contributed by atoms with E-state index in [0.717, 1.165) is 27.9 Å². The van der Waals surface area contributed by atoms with Gasteiger partial charge in [0.25, 0.3) is 5.56 Å². The largest absolute Gasteiger partial charge is 0.481 e. The summed E-state index contributed by atoms with van der Waals surface area (Å²) in [6.45, 7) is 2.42. The third-order valence-electron chi connectivity index (χ3n) is 6.35. The number of nitriles is 1. The summed E-state index contributed by atoms with van der Waals surface area (Å²) >= 11 is 0. The zero-order valence-electron chi connectivity index (χ0n) is 20.9. The van der Waals surface area contributed by atoms with Crippen LogP contribution in [0.2, 0.25) is 0 Å². The van der Waals surface area contributed by atoms with E-state index in [-0.39, 0.29) is 17.4 Å². The van der Waals surface area contributed by atoms with Crippen molar-refractivity contribution in [2.24, 2.45) is 0 Å². The quantitative estimate of drug-likeness (QED) is 0.331. The van der Waals surface area contributed by atoms with Crippen LogP contribution in [0, 0.1) is 11.3 Å². The molecule has 0 saturated carbocycles. The van der Waals surface area contributed by atoms with E-state index in [9.17, 15) is 10.1 Å². The number of ether oxygens (including phenoxy) is 1. The predicted octanol–water partition coefficient (Wildman–Crippen LogP) is 4.52. The number of aromatic nitrogens is 4. The van der Waals surface area contributed by atoms with Crippen molar-refractivity contribution in [3.8, 4) is 28.8 Å². The number of nitrogens with zero attached hydrogens (tertiary/aromatic N) is 5. The molecular formula is C29H25N7O2. The molecule has 0 bridgehead atoms. The molecule has 5 rings (SSSR count). The Morgan fingerprint density at radius 3 is 2.61 bits per heavy atom. The van der Waals surface area contributed by atoms with Crippen molar-refractivity contribution < 1.29 is 4.74 Å². The van der Waals surface area contributed by atoms with Gasteiger partial charge >= 0.3 is 0 Å². The summed E-state index contributed by atoms with van der Waals surface area (Å²) in [6, 6.07) is 23.1. The zero-order chi connectivity index (χ0) is 26.6. The molecule has 1 atom stereocenters. The minimum Gasteiger partial charge on any atom is -0.481 e. The minimum absolute atomic E-state index is 0.0756. The van der Waals surface area contributed by atoms with Crippen LogP contribution in [0.1, 0.15) is 24.1 Å². The van der Waals surface area contributed by atoms with Gasteiger partial charge < -0.3 is 15.8 Å². The first-order valence-electron chi connectivity index (χ1n) is 12.0. The van der Waals surface area contributed by atoms with Crippen molar-refractivity contribution >= 4 is 22.5 Å². The summed E-state index contributed by atoms with van der Waals surface area (Å²) in [6.07, 6.45) is 3.10. The molecule has 3 heterocycles. The Morgan fingerprint density at radius 1 is 1.08 bits per heavy atom. The van der Waals surface area contributed by atoms with Gasteiger partial charge in [0.2, 0.25) is 11.8 Å². The molecule has 5 aromatic rings. The van der Waals surface area contributed by atoms with Gasteiger partial charge in [0.05, 0.1) is 18.7 Å². The van der Waals surface area contributed by atoms with Crippen LogP contribution in [0.15, 0.2) is 83.9 Å². The molecule has 3 N–H and O–H groups in total. The number of nitrogen functional groups attached to an aromatic ring is 1. The van der Waals surface area contributed by atoms with E-state index < -0.39 is 0 Å². The van der Waals surface area contributed by atoms with Gasteiger partial charge in [-0.05, 0) is 35.2 Å². The lowest BCUT2D eigenvalue weighted by atomic mass is 9.97. The van der Waals surface area contributed by atoms with Crippen LogP contribution in [-0.2, 0) is 0 Å². The number of anilines is 2. The number of fused-ring (bicyclic) bond motifs is 1. The van der Waals surface area contributed by atoms with Crippen LogP contribution in [0.3, 0.4) is 0 Å². The monoisotopic (exact) mass is 503 g/mol. The lowest BCUT2D eigenvalue weighted by molar-refractivity contribution is 0.398. The SMILES string of the molecule is COc1ccc(-c2cccc3cc(C(C)CNc4nc(N)ncc4C#N)n(-c4ccccc4)c(=O)c23)cn1. The normalized spacial score (nSPS) is 11.6. The summed E-state index contributed by atoms with van der Waals surface area (Å²) in [4.78, 5) is 26.6. The number of para-hydroxylation sites is 1. The van der Waals surface area contributed by atoms with E-state index in [1.54, 1.807) is 23.9 Å². The number of nitrogens with one attached hydrogen (secondary N) is 1. The van der Waals surface area contributed by atoms with E-state index in [0.29, 0.717) is 29.2 Å². The zero-order valence-corrected chi connectivity index (χ0v) is 20.9. The van der Waals surface area contributed by atoms with Crippen molar-refractivity contribution in [1.82, 2.24) is 19.5 Å². The molecular weight excluding hydrogens is 478 g/mol. The molecule has 0 saturated heterocycles. The second-order valence-electron chi connectivity index (χ2n) is 8.79. The van der Waals surface area contributed by atoms with Gasteiger partial charge in [-0.25, -0.2) is 9.97 Å². The van der Waals surface area contributed by atoms with Gasteiger partial charge in [-0.15, -0.1) is 0 Å². The fourth-order valence-electron chi connectivity index (χ4n) is 4.46. The molecule has 9 nitrogen and oxygen atoms in total. The first kappa shape index (κ1) is 24.5. The number of hydrogen-bond acceptors (Lipinski definition) is 8. The Morgan fingerprint density at radius 2 is 1.89 bits per heavy atom. The number of benzene rings is 2. The highest BCUT2D eigenvalue weighted by molar-refractivity contribution is 5.96. The molecule has 0 spiro atoms. The maximum absolute atomic E-state index is 14.2. The average Bonchev–Trinajstić information content (AvgIpc) is 2.96. The highest BCUT2D eigenvalue weighted by Crippen LogP contribution is 2.30. The van der Waals surface area contributed by atoms with Gasteiger partial charge in [0, 0.05) is 41.7 Å². The summed E-state index contributed by atoms with van der Waals surface area (Å²) in [5.41, 5.74) is 9.07. The Kier molecular flexibility index (Phi) is 6.70. The van der Waals surface area contributed by atoms with Gasteiger partial charge in [-0.3, -0.25) is 9.36 Å². The van der Waals surface area contributed by atoms with Crippen LogP contribution < -0.4 is 21.3 Å². The first-order chi connectivity index (χ1) is 18.5. The Balaban J connectivity index is 1.64. The molecule has 2 aromatic carbocycles. The van der Waals surface area contributed by atoms with Crippen LogP contribution in [0.5, 0.6) is 5.88 Å². The highest BCUT2D eigenvalue weighted by atomic mass is 16.5.